The van der Waals surface area contributed by atoms with Gasteiger partial charge in [-0.1, -0.05) is 37.3 Å². The van der Waals surface area contributed by atoms with Gasteiger partial charge in [0.2, 0.25) is 0 Å². The van der Waals surface area contributed by atoms with Crippen LogP contribution in [0, 0.1) is 5.92 Å². The Hall–Kier alpha value is -1.57. The Morgan fingerprint density at radius 1 is 1.24 bits per heavy atom. The molecule has 1 unspecified atom stereocenters. The second kappa shape index (κ2) is 5.67. The van der Waals surface area contributed by atoms with Gasteiger partial charge in [-0.05, 0) is 56.6 Å². The molecule has 2 heteroatoms. The van der Waals surface area contributed by atoms with Gasteiger partial charge in [-0.3, -0.25) is 0 Å². The molecule has 0 N–H and O–H groups in total. The fraction of sp³-hybridized carbons (Fsp3) is 0.526. The van der Waals surface area contributed by atoms with Gasteiger partial charge in [0, 0.05) is 11.5 Å². The van der Waals surface area contributed by atoms with Crippen molar-refractivity contribution < 1.29 is 9.53 Å². The molecule has 0 radical (unpaired) electrons. The Labute approximate surface area is 127 Å². The van der Waals surface area contributed by atoms with E-state index in [0.29, 0.717) is 11.5 Å². The molecule has 112 valence electrons. The maximum atomic E-state index is 12.3. The van der Waals surface area contributed by atoms with Crippen molar-refractivity contribution in [3.8, 4) is 0 Å². The second-order valence-electron chi connectivity index (χ2n) is 6.55. The zero-order chi connectivity index (χ0) is 14.9. The van der Waals surface area contributed by atoms with Crippen LogP contribution in [-0.2, 0) is 21.6 Å². The Morgan fingerprint density at radius 3 is 2.67 bits per heavy atom. The van der Waals surface area contributed by atoms with Gasteiger partial charge in [-0.25, -0.2) is 4.79 Å². The van der Waals surface area contributed by atoms with Gasteiger partial charge in [0.05, 0.1) is 0 Å². The monoisotopic (exact) mass is 284 g/mol. The standard InChI is InChI=1S/C19H24O2/c1-14(2)18(20)21-19(16-10-7-11-16)13-6-5-9-15-8-3-4-12-17(15)19/h3-4,8,12,16H,1,5-7,9-11,13H2,2H3. The molecule has 0 aromatic heterocycles. The van der Waals surface area contributed by atoms with E-state index in [9.17, 15) is 4.79 Å². The van der Waals surface area contributed by atoms with Crippen LogP contribution in [0.2, 0.25) is 0 Å². The minimum Gasteiger partial charge on any atom is -0.451 e. The molecule has 1 aromatic rings. The van der Waals surface area contributed by atoms with E-state index in [2.05, 4.69) is 30.8 Å². The predicted octanol–water partition coefficient (Wildman–Crippen LogP) is 4.53. The van der Waals surface area contributed by atoms with Crippen LogP contribution in [0.4, 0.5) is 0 Å². The van der Waals surface area contributed by atoms with Crippen molar-refractivity contribution in [2.45, 2.75) is 57.5 Å². The first-order valence-corrected chi connectivity index (χ1v) is 8.11. The van der Waals surface area contributed by atoms with E-state index >= 15 is 0 Å². The lowest BCUT2D eigenvalue weighted by Gasteiger charge is -2.45. The zero-order valence-electron chi connectivity index (χ0n) is 12.9. The van der Waals surface area contributed by atoms with Gasteiger partial charge in [0.1, 0.15) is 5.60 Å². The number of benzene rings is 1. The van der Waals surface area contributed by atoms with Crippen LogP contribution in [-0.4, -0.2) is 5.97 Å². The summed E-state index contributed by atoms with van der Waals surface area (Å²) in [6.07, 6.45) is 7.92. The molecule has 2 nitrogen and oxygen atoms in total. The first-order valence-electron chi connectivity index (χ1n) is 8.11. The molecule has 0 aliphatic heterocycles. The van der Waals surface area contributed by atoms with Crippen molar-refractivity contribution >= 4 is 5.97 Å². The zero-order valence-corrected chi connectivity index (χ0v) is 12.9. The second-order valence-corrected chi connectivity index (χ2v) is 6.55. The number of ether oxygens (including phenoxy) is 1. The van der Waals surface area contributed by atoms with E-state index in [1.54, 1.807) is 6.92 Å². The van der Waals surface area contributed by atoms with Crippen molar-refractivity contribution in [3.63, 3.8) is 0 Å². The number of rotatable bonds is 3. The smallest absolute Gasteiger partial charge is 0.334 e. The minimum absolute atomic E-state index is 0.237. The Morgan fingerprint density at radius 2 is 2.00 bits per heavy atom. The lowest BCUT2D eigenvalue weighted by atomic mass is 9.67. The van der Waals surface area contributed by atoms with E-state index in [1.807, 2.05) is 0 Å². The number of carbonyl (C=O) groups is 1. The molecular formula is C19H24O2. The van der Waals surface area contributed by atoms with E-state index < -0.39 is 5.60 Å². The first-order chi connectivity index (χ1) is 10.1. The Bertz CT molecular complexity index is 556. The van der Waals surface area contributed by atoms with Crippen LogP contribution >= 0.6 is 0 Å². The highest BCUT2D eigenvalue weighted by atomic mass is 16.6. The van der Waals surface area contributed by atoms with Crippen LogP contribution in [0.1, 0.15) is 56.6 Å². The summed E-state index contributed by atoms with van der Waals surface area (Å²) in [7, 11) is 0. The van der Waals surface area contributed by atoms with Gasteiger partial charge in [-0.2, -0.15) is 0 Å². The molecule has 1 fully saturated rings. The minimum atomic E-state index is -0.415. The molecule has 1 saturated carbocycles. The Kier molecular flexibility index (Phi) is 3.88. The van der Waals surface area contributed by atoms with E-state index in [4.69, 9.17) is 4.74 Å². The number of aryl methyl sites for hydroxylation is 1. The van der Waals surface area contributed by atoms with Crippen LogP contribution in [0.25, 0.3) is 0 Å². The molecule has 0 saturated heterocycles. The lowest BCUT2D eigenvalue weighted by Crippen LogP contribution is -2.43. The summed E-state index contributed by atoms with van der Waals surface area (Å²) in [4.78, 5) is 12.3. The maximum Gasteiger partial charge on any atom is 0.334 e. The highest BCUT2D eigenvalue weighted by Gasteiger charge is 2.47. The summed E-state index contributed by atoms with van der Waals surface area (Å²) < 4.78 is 6.11. The fourth-order valence-corrected chi connectivity index (χ4v) is 3.73. The first kappa shape index (κ1) is 14.4. The van der Waals surface area contributed by atoms with Crippen LogP contribution in [0.5, 0.6) is 0 Å². The van der Waals surface area contributed by atoms with E-state index in [0.717, 1.165) is 32.1 Å². The average Bonchev–Trinajstić information content (AvgIpc) is 2.58. The predicted molar refractivity (Wildman–Crippen MR) is 83.9 cm³/mol. The SMILES string of the molecule is C=C(C)C(=O)OC1(C2CCC2)CCCCc2ccccc21. The maximum absolute atomic E-state index is 12.3. The molecule has 2 aliphatic rings. The molecule has 2 aliphatic carbocycles. The number of hydrogen-bond donors (Lipinski definition) is 0. The van der Waals surface area contributed by atoms with Crippen molar-refractivity contribution in [1.82, 2.24) is 0 Å². The van der Waals surface area contributed by atoms with Gasteiger partial charge < -0.3 is 4.74 Å². The fourth-order valence-electron chi connectivity index (χ4n) is 3.73. The Balaban J connectivity index is 2.05. The number of carbonyl (C=O) groups excluding carboxylic acids is 1. The molecule has 1 aromatic carbocycles. The van der Waals surface area contributed by atoms with E-state index in [-0.39, 0.29) is 5.97 Å². The quantitative estimate of drug-likeness (QED) is 0.463. The summed E-state index contributed by atoms with van der Waals surface area (Å²) >= 11 is 0. The van der Waals surface area contributed by atoms with Crippen molar-refractivity contribution in [1.29, 1.82) is 0 Å². The topological polar surface area (TPSA) is 26.3 Å². The molecule has 0 spiro atoms. The molecule has 0 amide bonds. The molecule has 21 heavy (non-hydrogen) atoms. The molecule has 0 heterocycles. The lowest BCUT2D eigenvalue weighted by molar-refractivity contribution is -0.170. The molecule has 3 rings (SSSR count). The third kappa shape index (κ3) is 2.52. The molecular weight excluding hydrogens is 260 g/mol. The normalized spacial score (nSPS) is 25.4. The number of fused-ring (bicyclic) bond motifs is 1. The average molecular weight is 284 g/mol. The highest BCUT2D eigenvalue weighted by Crippen LogP contribution is 2.50. The van der Waals surface area contributed by atoms with Crippen LogP contribution < -0.4 is 0 Å². The molecule has 1 atom stereocenters. The van der Waals surface area contributed by atoms with E-state index in [1.165, 1.54) is 24.0 Å². The van der Waals surface area contributed by atoms with Gasteiger partial charge in [0.25, 0.3) is 0 Å². The molecule has 0 bridgehead atoms. The summed E-state index contributed by atoms with van der Waals surface area (Å²) in [5, 5.41) is 0. The highest BCUT2D eigenvalue weighted by molar-refractivity contribution is 5.87. The summed E-state index contributed by atoms with van der Waals surface area (Å²) in [6.45, 7) is 5.50. The van der Waals surface area contributed by atoms with Gasteiger partial charge >= 0.3 is 5.97 Å². The van der Waals surface area contributed by atoms with Crippen LogP contribution in [0.3, 0.4) is 0 Å². The van der Waals surface area contributed by atoms with Crippen molar-refractivity contribution in [2.75, 3.05) is 0 Å². The third-order valence-electron chi connectivity index (χ3n) is 5.11. The van der Waals surface area contributed by atoms with Crippen molar-refractivity contribution in [3.05, 3.63) is 47.5 Å². The van der Waals surface area contributed by atoms with Crippen LogP contribution in [0.15, 0.2) is 36.4 Å². The summed E-state index contributed by atoms with van der Waals surface area (Å²) in [6, 6.07) is 8.54. The summed E-state index contributed by atoms with van der Waals surface area (Å²) in [5.41, 5.74) is 2.69. The van der Waals surface area contributed by atoms with Gasteiger partial charge in [0.15, 0.2) is 0 Å². The number of esters is 1. The van der Waals surface area contributed by atoms with Crippen molar-refractivity contribution in [2.24, 2.45) is 5.92 Å². The third-order valence-corrected chi connectivity index (χ3v) is 5.11. The largest absolute Gasteiger partial charge is 0.451 e. The van der Waals surface area contributed by atoms with Gasteiger partial charge in [-0.15, -0.1) is 0 Å². The number of hydrogen-bond acceptors (Lipinski definition) is 2. The summed E-state index contributed by atoms with van der Waals surface area (Å²) in [5.74, 6) is 0.235.